The van der Waals surface area contributed by atoms with Crippen molar-refractivity contribution in [1.82, 2.24) is 4.98 Å². The van der Waals surface area contributed by atoms with Crippen LogP contribution >= 0.6 is 11.3 Å². The Morgan fingerprint density at radius 3 is 2.59 bits per heavy atom. The Morgan fingerprint density at radius 1 is 1.15 bits per heavy atom. The molecule has 1 N–H and O–H groups in total. The third-order valence-electron chi connectivity index (χ3n) is 4.04. The largest absolute Gasteiger partial charge is 0.497 e. The van der Waals surface area contributed by atoms with Gasteiger partial charge in [0.05, 0.1) is 12.8 Å². The van der Waals surface area contributed by atoms with Gasteiger partial charge >= 0.3 is 0 Å². The van der Waals surface area contributed by atoms with E-state index in [2.05, 4.69) is 24.1 Å². The van der Waals surface area contributed by atoms with Crippen LogP contribution in [0.3, 0.4) is 0 Å². The first-order chi connectivity index (χ1) is 13.1. The molecule has 1 aromatic heterocycles. The Balaban J connectivity index is 1.59. The van der Waals surface area contributed by atoms with Crippen molar-refractivity contribution in [3.8, 4) is 22.8 Å². The van der Waals surface area contributed by atoms with Crippen LogP contribution < -0.4 is 14.8 Å². The number of benzene rings is 2. The Labute approximate surface area is 163 Å². The molecule has 1 heterocycles. The summed E-state index contributed by atoms with van der Waals surface area (Å²) in [4.78, 5) is 16.7. The fraction of sp³-hybridized carbons (Fsp3) is 0.238. The number of methoxy groups -OCH3 is 1. The van der Waals surface area contributed by atoms with E-state index in [4.69, 9.17) is 9.47 Å². The zero-order valence-electron chi connectivity index (χ0n) is 15.6. The molecule has 5 nitrogen and oxygen atoms in total. The summed E-state index contributed by atoms with van der Waals surface area (Å²) in [6.45, 7) is 4.14. The second-order valence-corrected chi connectivity index (χ2v) is 7.15. The van der Waals surface area contributed by atoms with Crippen LogP contribution in [0.4, 0.5) is 5.13 Å². The number of nitrogens with one attached hydrogen (secondary N) is 1. The van der Waals surface area contributed by atoms with Gasteiger partial charge in [0.25, 0.3) is 5.91 Å². The number of carbonyl (C=O) groups excluding carboxylic acids is 1. The van der Waals surface area contributed by atoms with E-state index >= 15 is 0 Å². The first-order valence-electron chi connectivity index (χ1n) is 8.68. The Hall–Kier alpha value is -2.86. The van der Waals surface area contributed by atoms with Crippen LogP contribution in [-0.4, -0.2) is 24.6 Å². The maximum Gasteiger partial charge on any atom is 0.264 e. The summed E-state index contributed by atoms with van der Waals surface area (Å²) in [6.07, 6.45) is 0. The number of nitrogens with zero attached hydrogens (tertiary/aromatic N) is 1. The van der Waals surface area contributed by atoms with Crippen molar-refractivity contribution >= 4 is 22.4 Å². The molecule has 0 radical (unpaired) electrons. The second-order valence-electron chi connectivity index (χ2n) is 6.30. The van der Waals surface area contributed by atoms with Gasteiger partial charge < -0.3 is 9.47 Å². The molecule has 0 saturated carbocycles. The van der Waals surface area contributed by atoms with Gasteiger partial charge in [-0.2, -0.15) is 0 Å². The first-order valence-corrected chi connectivity index (χ1v) is 9.56. The minimum absolute atomic E-state index is 0.0544. The standard InChI is InChI=1S/C21H22N2O3S/c1-14(2)17-6-4-5-7-19(17)26-12-20(24)23-21-22-18(13-27-21)15-8-10-16(25-3)11-9-15/h4-11,13-14H,12H2,1-3H3,(H,22,23,24). The van der Waals surface area contributed by atoms with Crippen molar-refractivity contribution in [2.75, 3.05) is 19.0 Å². The van der Waals surface area contributed by atoms with Gasteiger partial charge in [0, 0.05) is 10.9 Å². The molecule has 0 aliphatic heterocycles. The monoisotopic (exact) mass is 382 g/mol. The predicted octanol–water partition coefficient (Wildman–Crippen LogP) is 4.96. The number of hydrogen-bond donors (Lipinski definition) is 1. The molecule has 140 valence electrons. The maximum absolute atomic E-state index is 12.2. The highest BCUT2D eigenvalue weighted by Gasteiger charge is 2.11. The molecule has 0 saturated heterocycles. The SMILES string of the molecule is COc1ccc(-c2csc(NC(=O)COc3ccccc3C(C)C)n2)cc1. The van der Waals surface area contributed by atoms with E-state index < -0.39 is 0 Å². The molecule has 0 aliphatic rings. The lowest BCUT2D eigenvalue weighted by Crippen LogP contribution is -2.20. The van der Waals surface area contributed by atoms with E-state index in [0.717, 1.165) is 28.3 Å². The molecule has 6 heteroatoms. The third kappa shape index (κ3) is 4.86. The van der Waals surface area contributed by atoms with Crippen LogP contribution in [0, 0.1) is 0 Å². The van der Waals surface area contributed by atoms with E-state index in [-0.39, 0.29) is 12.5 Å². The first kappa shape index (κ1) is 18.9. The van der Waals surface area contributed by atoms with Crippen LogP contribution in [0.2, 0.25) is 0 Å². The maximum atomic E-state index is 12.2. The minimum Gasteiger partial charge on any atom is -0.497 e. The smallest absolute Gasteiger partial charge is 0.264 e. The van der Waals surface area contributed by atoms with Crippen molar-refractivity contribution in [2.24, 2.45) is 0 Å². The lowest BCUT2D eigenvalue weighted by Gasteiger charge is -2.13. The molecule has 0 aliphatic carbocycles. The van der Waals surface area contributed by atoms with Gasteiger partial charge in [0.2, 0.25) is 0 Å². The number of anilines is 1. The summed E-state index contributed by atoms with van der Waals surface area (Å²) < 4.78 is 10.9. The molecular formula is C21H22N2O3S. The van der Waals surface area contributed by atoms with Crippen LogP contribution in [0.15, 0.2) is 53.9 Å². The highest BCUT2D eigenvalue weighted by Crippen LogP contribution is 2.27. The summed E-state index contributed by atoms with van der Waals surface area (Å²) in [5, 5.41) is 5.25. The Bertz CT molecular complexity index is 904. The van der Waals surface area contributed by atoms with Gasteiger partial charge in [-0.1, -0.05) is 32.0 Å². The molecule has 0 bridgehead atoms. The summed E-state index contributed by atoms with van der Waals surface area (Å²) in [5.41, 5.74) is 2.86. The van der Waals surface area contributed by atoms with E-state index in [0.29, 0.717) is 11.0 Å². The average molecular weight is 382 g/mol. The van der Waals surface area contributed by atoms with E-state index in [1.54, 1.807) is 7.11 Å². The van der Waals surface area contributed by atoms with Gasteiger partial charge in [-0.05, 0) is 41.8 Å². The quantitative estimate of drug-likeness (QED) is 0.627. The minimum atomic E-state index is -0.232. The highest BCUT2D eigenvalue weighted by molar-refractivity contribution is 7.14. The van der Waals surface area contributed by atoms with Crippen molar-refractivity contribution in [1.29, 1.82) is 0 Å². The molecular weight excluding hydrogens is 360 g/mol. The highest BCUT2D eigenvalue weighted by atomic mass is 32.1. The van der Waals surface area contributed by atoms with E-state index in [1.807, 2.05) is 53.9 Å². The number of hydrogen-bond acceptors (Lipinski definition) is 5. The van der Waals surface area contributed by atoms with Gasteiger partial charge in [-0.15, -0.1) is 11.3 Å². The van der Waals surface area contributed by atoms with Crippen molar-refractivity contribution in [2.45, 2.75) is 19.8 Å². The second kappa shape index (κ2) is 8.68. The Morgan fingerprint density at radius 2 is 1.89 bits per heavy atom. The molecule has 0 atom stereocenters. The summed E-state index contributed by atoms with van der Waals surface area (Å²) >= 11 is 1.38. The molecule has 0 spiro atoms. The van der Waals surface area contributed by atoms with Gasteiger partial charge in [0.15, 0.2) is 11.7 Å². The number of rotatable bonds is 7. The molecule has 3 aromatic rings. The molecule has 27 heavy (non-hydrogen) atoms. The van der Waals surface area contributed by atoms with Gasteiger partial charge in [-0.3, -0.25) is 10.1 Å². The third-order valence-corrected chi connectivity index (χ3v) is 4.79. The van der Waals surface area contributed by atoms with Crippen molar-refractivity contribution in [3.05, 3.63) is 59.5 Å². The summed E-state index contributed by atoms with van der Waals surface area (Å²) in [5.74, 6) is 1.63. The van der Waals surface area contributed by atoms with Gasteiger partial charge in [0.1, 0.15) is 11.5 Å². The lowest BCUT2D eigenvalue weighted by molar-refractivity contribution is -0.118. The topological polar surface area (TPSA) is 60.5 Å². The predicted molar refractivity (Wildman–Crippen MR) is 109 cm³/mol. The van der Waals surface area contributed by atoms with Crippen LogP contribution in [-0.2, 0) is 4.79 Å². The lowest BCUT2D eigenvalue weighted by atomic mass is 10.0. The summed E-state index contributed by atoms with van der Waals surface area (Å²) in [6, 6.07) is 15.4. The number of para-hydroxylation sites is 1. The van der Waals surface area contributed by atoms with Crippen molar-refractivity contribution in [3.63, 3.8) is 0 Å². The number of thiazole rings is 1. The molecule has 3 rings (SSSR count). The molecule has 0 unspecified atom stereocenters. The van der Waals surface area contributed by atoms with Crippen LogP contribution in [0.5, 0.6) is 11.5 Å². The Kier molecular flexibility index (Phi) is 6.08. The fourth-order valence-electron chi connectivity index (χ4n) is 2.61. The number of carbonyl (C=O) groups is 1. The zero-order valence-corrected chi connectivity index (χ0v) is 16.4. The zero-order chi connectivity index (χ0) is 19.2. The molecule has 0 fully saturated rings. The summed E-state index contributed by atoms with van der Waals surface area (Å²) in [7, 11) is 1.63. The molecule has 1 amide bonds. The number of amides is 1. The van der Waals surface area contributed by atoms with Crippen molar-refractivity contribution < 1.29 is 14.3 Å². The number of ether oxygens (including phenoxy) is 2. The van der Waals surface area contributed by atoms with Gasteiger partial charge in [-0.25, -0.2) is 4.98 Å². The van der Waals surface area contributed by atoms with E-state index in [1.165, 1.54) is 11.3 Å². The van der Waals surface area contributed by atoms with Crippen LogP contribution in [0.1, 0.15) is 25.3 Å². The fourth-order valence-corrected chi connectivity index (χ4v) is 3.35. The van der Waals surface area contributed by atoms with E-state index in [9.17, 15) is 4.79 Å². The average Bonchev–Trinajstić information content (AvgIpc) is 3.15. The normalized spacial score (nSPS) is 10.7. The molecule has 2 aromatic carbocycles. The number of aromatic nitrogens is 1. The van der Waals surface area contributed by atoms with Crippen LogP contribution in [0.25, 0.3) is 11.3 Å².